The Kier molecular flexibility index (Phi) is 10.3. The van der Waals surface area contributed by atoms with E-state index in [9.17, 15) is 0 Å². The SMILES string of the molecule is Cc1ccc(OCCOCCN2CCCCC2)c(C)c1.O=C(O)C(=O)O. The lowest BCUT2D eigenvalue weighted by molar-refractivity contribution is -0.159. The minimum Gasteiger partial charge on any atom is -0.491 e. The maximum Gasteiger partial charge on any atom is 0.414 e. The maximum absolute atomic E-state index is 9.10. The van der Waals surface area contributed by atoms with Crippen LogP contribution in [0.15, 0.2) is 18.2 Å². The lowest BCUT2D eigenvalue weighted by Gasteiger charge is -2.26. The molecule has 1 aromatic rings. The zero-order chi connectivity index (χ0) is 19.4. The van der Waals surface area contributed by atoms with Gasteiger partial charge in [-0.2, -0.15) is 0 Å². The molecule has 1 heterocycles. The molecule has 2 rings (SSSR count). The number of hydrogen-bond acceptors (Lipinski definition) is 5. The fraction of sp³-hybridized carbons (Fsp3) is 0.579. The summed E-state index contributed by atoms with van der Waals surface area (Å²) in [4.78, 5) is 20.7. The van der Waals surface area contributed by atoms with Gasteiger partial charge in [-0.1, -0.05) is 24.1 Å². The average Bonchev–Trinajstić information content (AvgIpc) is 2.61. The largest absolute Gasteiger partial charge is 0.491 e. The van der Waals surface area contributed by atoms with E-state index in [2.05, 4.69) is 30.9 Å². The van der Waals surface area contributed by atoms with E-state index in [1.807, 2.05) is 6.07 Å². The first-order valence-electron chi connectivity index (χ1n) is 8.86. The number of carboxylic acid groups (broad SMARTS) is 2. The van der Waals surface area contributed by atoms with Crippen molar-refractivity contribution < 1.29 is 29.3 Å². The molecule has 0 bridgehead atoms. The van der Waals surface area contributed by atoms with Gasteiger partial charge in [0.05, 0.1) is 13.2 Å². The monoisotopic (exact) mass is 367 g/mol. The molecule has 7 heteroatoms. The highest BCUT2D eigenvalue weighted by atomic mass is 16.5. The van der Waals surface area contributed by atoms with Crippen LogP contribution in [0, 0.1) is 13.8 Å². The molecule has 1 saturated heterocycles. The van der Waals surface area contributed by atoms with Crippen LogP contribution in [-0.4, -0.2) is 66.5 Å². The van der Waals surface area contributed by atoms with Crippen LogP contribution >= 0.6 is 0 Å². The fourth-order valence-electron chi connectivity index (χ4n) is 2.65. The van der Waals surface area contributed by atoms with Crippen molar-refractivity contribution in [3.8, 4) is 5.75 Å². The van der Waals surface area contributed by atoms with Gasteiger partial charge in [-0.05, 0) is 51.4 Å². The molecular formula is C19H29NO6. The first kappa shape index (κ1) is 21.9. The van der Waals surface area contributed by atoms with Crippen molar-refractivity contribution in [2.45, 2.75) is 33.1 Å². The van der Waals surface area contributed by atoms with Gasteiger partial charge in [-0.15, -0.1) is 0 Å². The molecule has 1 aromatic carbocycles. The van der Waals surface area contributed by atoms with E-state index in [0.717, 1.165) is 18.9 Å². The minimum absolute atomic E-state index is 0.629. The van der Waals surface area contributed by atoms with Crippen LogP contribution in [0.1, 0.15) is 30.4 Å². The van der Waals surface area contributed by atoms with E-state index in [0.29, 0.717) is 13.2 Å². The molecule has 1 aliphatic rings. The molecule has 0 radical (unpaired) electrons. The third-order valence-corrected chi connectivity index (χ3v) is 4.00. The molecule has 0 aliphatic carbocycles. The average molecular weight is 367 g/mol. The topological polar surface area (TPSA) is 96.3 Å². The van der Waals surface area contributed by atoms with Gasteiger partial charge in [0.2, 0.25) is 0 Å². The molecule has 0 amide bonds. The molecule has 0 atom stereocenters. The summed E-state index contributed by atoms with van der Waals surface area (Å²) in [5, 5.41) is 14.8. The van der Waals surface area contributed by atoms with Crippen LogP contribution in [-0.2, 0) is 14.3 Å². The number of benzene rings is 1. The molecule has 26 heavy (non-hydrogen) atoms. The molecule has 1 aliphatic heterocycles. The van der Waals surface area contributed by atoms with Crippen molar-refractivity contribution in [3.63, 3.8) is 0 Å². The van der Waals surface area contributed by atoms with Crippen LogP contribution in [0.25, 0.3) is 0 Å². The van der Waals surface area contributed by atoms with Gasteiger partial charge >= 0.3 is 11.9 Å². The molecule has 7 nitrogen and oxygen atoms in total. The summed E-state index contributed by atoms with van der Waals surface area (Å²) < 4.78 is 11.4. The number of carboxylic acids is 2. The predicted octanol–water partition coefficient (Wildman–Crippen LogP) is 2.34. The summed E-state index contributed by atoms with van der Waals surface area (Å²) >= 11 is 0. The number of likely N-dealkylation sites (tertiary alicyclic amines) is 1. The molecule has 1 fully saturated rings. The fourth-order valence-corrected chi connectivity index (χ4v) is 2.65. The van der Waals surface area contributed by atoms with E-state index in [1.54, 1.807) is 0 Å². The lowest BCUT2D eigenvalue weighted by Crippen LogP contribution is -2.32. The Hall–Kier alpha value is -2.12. The van der Waals surface area contributed by atoms with Gasteiger partial charge in [0.1, 0.15) is 12.4 Å². The number of piperidine rings is 1. The predicted molar refractivity (Wildman–Crippen MR) is 97.8 cm³/mol. The third-order valence-electron chi connectivity index (χ3n) is 4.00. The Bertz CT molecular complexity index is 557. The highest BCUT2D eigenvalue weighted by Gasteiger charge is 2.09. The maximum atomic E-state index is 9.10. The minimum atomic E-state index is -1.82. The van der Waals surface area contributed by atoms with E-state index in [4.69, 9.17) is 29.3 Å². The van der Waals surface area contributed by atoms with Gasteiger partial charge in [-0.25, -0.2) is 9.59 Å². The van der Waals surface area contributed by atoms with E-state index in [1.165, 1.54) is 43.5 Å². The van der Waals surface area contributed by atoms with Crippen molar-refractivity contribution in [2.24, 2.45) is 0 Å². The van der Waals surface area contributed by atoms with E-state index >= 15 is 0 Å². The van der Waals surface area contributed by atoms with Gasteiger partial charge in [0.25, 0.3) is 0 Å². The van der Waals surface area contributed by atoms with E-state index < -0.39 is 11.9 Å². The highest BCUT2D eigenvalue weighted by molar-refractivity contribution is 6.27. The smallest absolute Gasteiger partial charge is 0.414 e. The molecule has 0 unspecified atom stereocenters. The Morgan fingerprint density at radius 3 is 2.23 bits per heavy atom. The number of hydrogen-bond donors (Lipinski definition) is 2. The summed E-state index contributed by atoms with van der Waals surface area (Å²) in [5.41, 5.74) is 2.46. The van der Waals surface area contributed by atoms with Crippen LogP contribution < -0.4 is 4.74 Å². The van der Waals surface area contributed by atoms with Crippen molar-refractivity contribution in [1.82, 2.24) is 4.90 Å². The van der Waals surface area contributed by atoms with Gasteiger partial charge < -0.3 is 24.6 Å². The molecule has 0 aromatic heterocycles. The van der Waals surface area contributed by atoms with Crippen molar-refractivity contribution in [3.05, 3.63) is 29.3 Å². The second-order valence-corrected chi connectivity index (χ2v) is 6.24. The van der Waals surface area contributed by atoms with Crippen LogP contribution in [0.4, 0.5) is 0 Å². The highest BCUT2D eigenvalue weighted by Crippen LogP contribution is 2.18. The van der Waals surface area contributed by atoms with Crippen LogP contribution in [0.3, 0.4) is 0 Å². The Morgan fingerprint density at radius 1 is 1.00 bits per heavy atom. The standard InChI is InChI=1S/C17H27NO2.C2H2O4/c1-15-6-7-17(16(2)14-15)20-13-12-19-11-10-18-8-4-3-5-9-18;3-1(4)2(5)6/h6-7,14H,3-5,8-13H2,1-2H3;(H,3,4)(H,5,6). The number of carbonyl (C=O) groups is 2. The van der Waals surface area contributed by atoms with Gasteiger partial charge in [0.15, 0.2) is 0 Å². The Labute approximate surface area is 154 Å². The number of aryl methyl sites for hydroxylation is 2. The van der Waals surface area contributed by atoms with Crippen molar-refractivity contribution >= 4 is 11.9 Å². The number of nitrogens with zero attached hydrogens (tertiary/aromatic N) is 1. The number of rotatable bonds is 7. The Morgan fingerprint density at radius 2 is 1.65 bits per heavy atom. The van der Waals surface area contributed by atoms with Gasteiger partial charge in [-0.3, -0.25) is 0 Å². The second kappa shape index (κ2) is 12.3. The number of ether oxygens (including phenoxy) is 2. The van der Waals surface area contributed by atoms with Crippen molar-refractivity contribution in [1.29, 1.82) is 0 Å². The summed E-state index contributed by atoms with van der Waals surface area (Å²) in [6.07, 6.45) is 4.08. The zero-order valence-electron chi connectivity index (χ0n) is 15.6. The van der Waals surface area contributed by atoms with Crippen molar-refractivity contribution in [2.75, 3.05) is 39.5 Å². The quantitative estimate of drug-likeness (QED) is 0.564. The molecular weight excluding hydrogens is 338 g/mol. The van der Waals surface area contributed by atoms with Crippen LogP contribution in [0.2, 0.25) is 0 Å². The Balaban J connectivity index is 0.000000487. The molecule has 146 valence electrons. The van der Waals surface area contributed by atoms with Crippen LogP contribution in [0.5, 0.6) is 5.75 Å². The summed E-state index contributed by atoms with van der Waals surface area (Å²) in [5.74, 6) is -2.68. The van der Waals surface area contributed by atoms with Gasteiger partial charge in [0, 0.05) is 6.54 Å². The molecule has 0 saturated carbocycles. The normalized spacial score (nSPS) is 14.2. The molecule has 0 spiro atoms. The summed E-state index contributed by atoms with van der Waals surface area (Å²) in [6.45, 7) is 9.83. The third kappa shape index (κ3) is 9.39. The molecule has 2 N–H and O–H groups in total. The zero-order valence-corrected chi connectivity index (χ0v) is 15.6. The lowest BCUT2D eigenvalue weighted by atomic mass is 10.1. The summed E-state index contributed by atoms with van der Waals surface area (Å²) in [7, 11) is 0. The first-order chi connectivity index (χ1) is 12.4. The first-order valence-corrected chi connectivity index (χ1v) is 8.86. The van der Waals surface area contributed by atoms with E-state index in [-0.39, 0.29) is 0 Å². The summed E-state index contributed by atoms with van der Waals surface area (Å²) in [6, 6.07) is 6.27. The second-order valence-electron chi connectivity index (χ2n) is 6.24. The number of aliphatic carboxylic acids is 2.